The SMILES string of the molecule is CC[C@@H](C)Oc1ccccc1/C=C1/C(=O)N(c2ccccc2)C(=S)N(c2ccc(C)c(C)c2)C1=O. The molecule has 1 aliphatic rings. The van der Waals surface area contributed by atoms with Crippen molar-refractivity contribution in [2.45, 2.75) is 40.2 Å². The van der Waals surface area contributed by atoms with E-state index in [1.807, 2.05) is 88.4 Å². The Morgan fingerprint density at radius 2 is 1.49 bits per heavy atom. The van der Waals surface area contributed by atoms with Crippen molar-refractivity contribution in [2.24, 2.45) is 0 Å². The van der Waals surface area contributed by atoms with Gasteiger partial charge in [0.15, 0.2) is 5.11 Å². The van der Waals surface area contributed by atoms with Gasteiger partial charge in [-0.25, -0.2) is 0 Å². The van der Waals surface area contributed by atoms with E-state index in [9.17, 15) is 9.59 Å². The molecule has 0 aromatic heterocycles. The summed E-state index contributed by atoms with van der Waals surface area (Å²) in [6.45, 7) is 8.02. The van der Waals surface area contributed by atoms with Gasteiger partial charge >= 0.3 is 0 Å². The Kier molecular flexibility index (Phi) is 7.12. The van der Waals surface area contributed by atoms with Crippen LogP contribution in [0.2, 0.25) is 0 Å². The molecular formula is C29H28N2O3S. The number of amides is 2. The summed E-state index contributed by atoms with van der Waals surface area (Å²) in [5.74, 6) is -0.314. The highest BCUT2D eigenvalue weighted by molar-refractivity contribution is 7.81. The fraction of sp³-hybridized carbons (Fsp3) is 0.207. The van der Waals surface area contributed by atoms with Crippen LogP contribution in [0.5, 0.6) is 5.75 Å². The summed E-state index contributed by atoms with van der Waals surface area (Å²) >= 11 is 5.72. The van der Waals surface area contributed by atoms with Gasteiger partial charge in [0.1, 0.15) is 11.3 Å². The third-order valence-electron chi connectivity index (χ3n) is 6.13. The number of nitrogens with zero attached hydrogens (tertiary/aromatic N) is 2. The van der Waals surface area contributed by atoms with E-state index in [0.29, 0.717) is 22.7 Å². The molecule has 3 aromatic carbocycles. The zero-order valence-electron chi connectivity index (χ0n) is 20.3. The lowest BCUT2D eigenvalue weighted by Crippen LogP contribution is -2.57. The molecule has 0 saturated carbocycles. The second-order valence-corrected chi connectivity index (χ2v) is 8.97. The van der Waals surface area contributed by atoms with E-state index < -0.39 is 11.8 Å². The van der Waals surface area contributed by atoms with Crippen molar-refractivity contribution in [3.63, 3.8) is 0 Å². The highest BCUT2D eigenvalue weighted by Gasteiger charge is 2.41. The van der Waals surface area contributed by atoms with Crippen LogP contribution in [0.4, 0.5) is 11.4 Å². The molecule has 0 aliphatic carbocycles. The van der Waals surface area contributed by atoms with Crippen molar-refractivity contribution in [2.75, 3.05) is 9.80 Å². The Balaban J connectivity index is 1.87. The monoisotopic (exact) mass is 484 g/mol. The van der Waals surface area contributed by atoms with Gasteiger partial charge in [-0.3, -0.25) is 19.4 Å². The van der Waals surface area contributed by atoms with E-state index in [2.05, 4.69) is 0 Å². The van der Waals surface area contributed by atoms with Crippen LogP contribution in [0.1, 0.15) is 37.0 Å². The lowest BCUT2D eigenvalue weighted by molar-refractivity contribution is -0.120. The predicted molar refractivity (Wildman–Crippen MR) is 145 cm³/mol. The minimum Gasteiger partial charge on any atom is -0.490 e. The van der Waals surface area contributed by atoms with E-state index in [4.69, 9.17) is 17.0 Å². The minimum absolute atomic E-state index is 0.00673. The highest BCUT2D eigenvalue weighted by Crippen LogP contribution is 2.32. The van der Waals surface area contributed by atoms with Crippen LogP contribution >= 0.6 is 12.2 Å². The summed E-state index contributed by atoms with van der Waals surface area (Å²) in [5.41, 5.74) is 4.02. The number of hydrogen-bond acceptors (Lipinski definition) is 4. The number of carbonyl (C=O) groups excluding carboxylic acids is 2. The van der Waals surface area contributed by atoms with Gasteiger partial charge in [0.25, 0.3) is 11.8 Å². The van der Waals surface area contributed by atoms with Gasteiger partial charge in [-0.1, -0.05) is 49.4 Å². The summed E-state index contributed by atoms with van der Waals surface area (Å²) in [7, 11) is 0. The van der Waals surface area contributed by atoms with E-state index >= 15 is 0 Å². The molecule has 1 fully saturated rings. The van der Waals surface area contributed by atoms with Crippen LogP contribution in [0.15, 0.2) is 78.4 Å². The molecule has 0 radical (unpaired) electrons. The third kappa shape index (κ3) is 4.88. The first-order valence-corrected chi connectivity index (χ1v) is 12.0. The van der Waals surface area contributed by atoms with Gasteiger partial charge < -0.3 is 4.74 Å². The molecule has 1 saturated heterocycles. The van der Waals surface area contributed by atoms with Crippen LogP contribution in [-0.2, 0) is 9.59 Å². The van der Waals surface area contributed by atoms with Crippen molar-refractivity contribution >= 4 is 46.6 Å². The maximum Gasteiger partial charge on any atom is 0.270 e. The van der Waals surface area contributed by atoms with E-state index in [-0.39, 0.29) is 16.8 Å². The molecule has 1 aliphatic heterocycles. The molecule has 5 nitrogen and oxygen atoms in total. The number of hydrogen-bond donors (Lipinski definition) is 0. The van der Waals surface area contributed by atoms with Gasteiger partial charge in [-0.2, -0.15) is 0 Å². The molecule has 0 unspecified atom stereocenters. The topological polar surface area (TPSA) is 49.9 Å². The van der Waals surface area contributed by atoms with Crippen molar-refractivity contribution in [1.29, 1.82) is 0 Å². The number of ether oxygens (including phenoxy) is 1. The largest absolute Gasteiger partial charge is 0.490 e. The third-order valence-corrected chi connectivity index (χ3v) is 6.50. The first-order chi connectivity index (χ1) is 16.8. The Morgan fingerprint density at radius 3 is 2.14 bits per heavy atom. The minimum atomic E-state index is -0.468. The normalized spacial score (nSPS) is 16.1. The number of aryl methyl sites for hydroxylation is 2. The Bertz CT molecular complexity index is 1320. The molecular weight excluding hydrogens is 456 g/mol. The molecule has 6 heteroatoms. The second kappa shape index (κ2) is 10.2. The molecule has 35 heavy (non-hydrogen) atoms. The predicted octanol–water partition coefficient (Wildman–Crippen LogP) is 6.23. The average Bonchev–Trinajstić information content (AvgIpc) is 2.85. The molecule has 0 bridgehead atoms. The summed E-state index contributed by atoms with van der Waals surface area (Å²) in [6.07, 6.45) is 2.43. The van der Waals surface area contributed by atoms with Gasteiger partial charge in [0.05, 0.1) is 17.5 Å². The zero-order chi connectivity index (χ0) is 25.1. The van der Waals surface area contributed by atoms with Gasteiger partial charge in [-0.15, -0.1) is 0 Å². The van der Waals surface area contributed by atoms with Gasteiger partial charge in [-0.05, 0) is 86.9 Å². The molecule has 2 amide bonds. The molecule has 4 rings (SSSR count). The fourth-order valence-corrected chi connectivity index (χ4v) is 4.17. The first kappa shape index (κ1) is 24.4. The van der Waals surface area contributed by atoms with Crippen molar-refractivity contribution < 1.29 is 14.3 Å². The maximum absolute atomic E-state index is 13.8. The fourth-order valence-electron chi connectivity index (χ4n) is 3.79. The lowest BCUT2D eigenvalue weighted by Gasteiger charge is -2.36. The second-order valence-electron chi connectivity index (χ2n) is 8.60. The quantitative estimate of drug-likeness (QED) is 0.236. The van der Waals surface area contributed by atoms with E-state index in [1.54, 1.807) is 18.2 Å². The van der Waals surface area contributed by atoms with Crippen LogP contribution in [-0.4, -0.2) is 23.0 Å². The summed E-state index contributed by atoms with van der Waals surface area (Å²) < 4.78 is 6.06. The first-order valence-electron chi connectivity index (χ1n) is 11.6. The van der Waals surface area contributed by atoms with Crippen molar-refractivity contribution in [3.8, 4) is 5.75 Å². The van der Waals surface area contributed by atoms with E-state index in [0.717, 1.165) is 17.5 Å². The average molecular weight is 485 g/mol. The lowest BCUT2D eigenvalue weighted by atomic mass is 10.0. The molecule has 1 heterocycles. The summed E-state index contributed by atoms with van der Waals surface area (Å²) in [6, 6.07) is 22.3. The Morgan fingerprint density at radius 1 is 0.857 bits per heavy atom. The highest BCUT2D eigenvalue weighted by atomic mass is 32.1. The number of thiocarbonyl (C=S) groups is 1. The molecule has 1 atom stereocenters. The van der Waals surface area contributed by atoms with Crippen LogP contribution in [0.25, 0.3) is 6.08 Å². The van der Waals surface area contributed by atoms with Crippen LogP contribution in [0.3, 0.4) is 0 Å². The zero-order valence-corrected chi connectivity index (χ0v) is 21.1. The number of anilines is 2. The number of para-hydroxylation sites is 2. The van der Waals surface area contributed by atoms with Gasteiger partial charge in [0.2, 0.25) is 0 Å². The molecule has 0 N–H and O–H groups in total. The standard InChI is InChI=1S/C29H28N2O3S/c1-5-21(4)34-26-14-10-9-11-22(26)18-25-27(32)30(23-12-7-6-8-13-23)29(35)31(28(25)33)24-16-15-19(2)20(3)17-24/h6-18,21H,5H2,1-4H3/b25-18-/t21-/m1/s1. The van der Waals surface area contributed by atoms with Crippen molar-refractivity contribution in [1.82, 2.24) is 0 Å². The molecule has 3 aromatic rings. The summed E-state index contributed by atoms with van der Waals surface area (Å²) in [5, 5.41) is 0.121. The number of benzene rings is 3. The molecule has 0 spiro atoms. The van der Waals surface area contributed by atoms with Gasteiger partial charge in [0, 0.05) is 5.56 Å². The Labute approximate surface area is 211 Å². The van der Waals surface area contributed by atoms with E-state index in [1.165, 1.54) is 9.80 Å². The number of carbonyl (C=O) groups is 2. The van der Waals surface area contributed by atoms with Crippen LogP contribution in [0, 0.1) is 13.8 Å². The molecule has 178 valence electrons. The summed E-state index contributed by atoms with van der Waals surface area (Å²) in [4.78, 5) is 30.4. The maximum atomic E-state index is 13.8. The van der Waals surface area contributed by atoms with Crippen LogP contribution < -0.4 is 14.5 Å². The Hall–Kier alpha value is -3.77. The van der Waals surface area contributed by atoms with Crippen molar-refractivity contribution in [3.05, 3.63) is 95.1 Å². The number of rotatable bonds is 6. The smallest absolute Gasteiger partial charge is 0.270 e.